The molecule has 1 amide bonds. The number of ether oxygens (including phenoxy) is 1. The van der Waals surface area contributed by atoms with E-state index in [2.05, 4.69) is 0 Å². The average molecular weight is 326 g/mol. The Labute approximate surface area is 131 Å². The van der Waals surface area contributed by atoms with Gasteiger partial charge in [0.2, 0.25) is 15.9 Å². The molecular formula is C15H22N2O4S. The number of rotatable bonds is 4. The molecule has 1 fully saturated rings. The molecule has 1 heterocycles. The van der Waals surface area contributed by atoms with E-state index < -0.39 is 10.0 Å². The third-order valence-corrected chi connectivity index (χ3v) is 5.70. The van der Waals surface area contributed by atoms with Crippen LogP contribution in [-0.4, -0.2) is 63.4 Å². The number of benzene rings is 1. The molecule has 1 aliphatic rings. The van der Waals surface area contributed by atoms with E-state index >= 15 is 0 Å². The number of carbonyl (C=O) groups excluding carboxylic acids is 1. The molecule has 0 spiro atoms. The minimum absolute atomic E-state index is 0.157. The van der Waals surface area contributed by atoms with E-state index in [1.54, 1.807) is 24.0 Å². The van der Waals surface area contributed by atoms with Crippen LogP contribution in [0.3, 0.4) is 0 Å². The molecular weight excluding hydrogens is 304 g/mol. The van der Waals surface area contributed by atoms with Crippen molar-refractivity contribution in [3.63, 3.8) is 0 Å². The lowest BCUT2D eigenvalue weighted by molar-refractivity contribution is -0.135. The van der Waals surface area contributed by atoms with Gasteiger partial charge in [0.15, 0.2) is 0 Å². The topological polar surface area (TPSA) is 66.9 Å². The van der Waals surface area contributed by atoms with E-state index in [1.165, 1.54) is 7.05 Å². The maximum Gasteiger partial charge on any atom is 0.243 e. The van der Waals surface area contributed by atoms with Gasteiger partial charge in [0.05, 0.1) is 24.7 Å². The fourth-order valence-electron chi connectivity index (χ4n) is 2.44. The zero-order valence-corrected chi connectivity index (χ0v) is 14.0. The van der Waals surface area contributed by atoms with E-state index in [0.29, 0.717) is 31.9 Å². The number of aryl methyl sites for hydroxylation is 2. The van der Waals surface area contributed by atoms with Gasteiger partial charge in [-0.1, -0.05) is 17.7 Å². The van der Waals surface area contributed by atoms with E-state index in [-0.39, 0.29) is 17.3 Å². The van der Waals surface area contributed by atoms with Crippen molar-refractivity contribution in [3.8, 4) is 0 Å². The highest BCUT2D eigenvalue weighted by Crippen LogP contribution is 2.20. The monoisotopic (exact) mass is 326 g/mol. The third kappa shape index (κ3) is 3.66. The summed E-state index contributed by atoms with van der Waals surface area (Å²) in [6.07, 6.45) is 0. The number of morpholine rings is 1. The fourth-order valence-corrected chi connectivity index (χ4v) is 3.77. The van der Waals surface area contributed by atoms with Crippen molar-refractivity contribution in [1.82, 2.24) is 9.21 Å². The van der Waals surface area contributed by atoms with Crippen LogP contribution < -0.4 is 0 Å². The fraction of sp³-hybridized carbons (Fsp3) is 0.533. The molecule has 0 aromatic heterocycles. The molecule has 1 aromatic carbocycles. The number of hydrogen-bond donors (Lipinski definition) is 0. The van der Waals surface area contributed by atoms with Crippen molar-refractivity contribution < 1.29 is 17.9 Å². The molecule has 1 aliphatic heterocycles. The molecule has 122 valence electrons. The minimum Gasteiger partial charge on any atom is -0.378 e. The van der Waals surface area contributed by atoms with Crippen LogP contribution in [0.4, 0.5) is 0 Å². The van der Waals surface area contributed by atoms with Gasteiger partial charge in [-0.3, -0.25) is 4.79 Å². The standard InChI is InChI=1S/C15H22N2O4S/c1-12-4-5-14(13(2)10-12)22(19,20)16(3)11-15(18)17-6-8-21-9-7-17/h4-5,10H,6-9,11H2,1-3H3. The molecule has 0 bridgehead atoms. The molecule has 0 N–H and O–H groups in total. The van der Waals surface area contributed by atoms with Crippen LogP contribution in [-0.2, 0) is 19.6 Å². The SMILES string of the molecule is Cc1ccc(S(=O)(=O)N(C)CC(=O)N2CCOCC2)c(C)c1. The molecule has 22 heavy (non-hydrogen) atoms. The van der Waals surface area contributed by atoms with Gasteiger partial charge in [0, 0.05) is 20.1 Å². The Morgan fingerprint density at radius 2 is 1.91 bits per heavy atom. The van der Waals surface area contributed by atoms with Crippen molar-refractivity contribution >= 4 is 15.9 Å². The lowest BCUT2D eigenvalue weighted by Gasteiger charge is -2.28. The summed E-state index contributed by atoms with van der Waals surface area (Å²) in [7, 11) is -2.23. The smallest absolute Gasteiger partial charge is 0.243 e. The van der Waals surface area contributed by atoms with E-state index in [1.807, 2.05) is 13.0 Å². The first-order valence-electron chi connectivity index (χ1n) is 7.21. The van der Waals surface area contributed by atoms with Crippen LogP contribution >= 0.6 is 0 Å². The van der Waals surface area contributed by atoms with Gasteiger partial charge in [-0.25, -0.2) is 8.42 Å². The number of hydrogen-bond acceptors (Lipinski definition) is 4. The zero-order valence-electron chi connectivity index (χ0n) is 13.2. The predicted molar refractivity (Wildman–Crippen MR) is 83.1 cm³/mol. The normalized spacial score (nSPS) is 16.1. The third-order valence-electron chi connectivity index (χ3n) is 3.74. The summed E-state index contributed by atoms with van der Waals surface area (Å²) in [5.74, 6) is -0.195. The molecule has 0 atom stereocenters. The summed E-state index contributed by atoms with van der Waals surface area (Å²) in [6, 6.07) is 5.18. The molecule has 0 unspecified atom stereocenters. The average Bonchev–Trinajstić information content (AvgIpc) is 2.47. The molecule has 1 saturated heterocycles. The summed E-state index contributed by atoms with van der Waals surface area (Å²) in [5.41, 5.74) is 1.69. The molecule has 1 aromatic rings. The second-order valence-electron chi connectivity index (χ2n) is 5.52. The molecule has 2 rings (SSSR count). The number of likely N-dealkylation sites (N-methyl/N-ethyl adjacent to an activating group) is 1. The highest BCUT2D eigenvalue weighted by Gasteiger charge is 2.27. The number of sulfonamides is 1. The van der Waals surface area contributed by atoms with Gasteiger partial charge in [0.1, 0.15) is 0 Å². The Balaban J connectivity index is 2.13. The van der Waals surface area contributed by atoms with Crippen LogP contribution in [0.1, 0.15) is 11.1 Å². The quantitative estimate of drug-likeness (QED) is 0.820. The van der Waals surface area contributed by atoms with Crippen molar-refractivity contribution in [3.05, 3.63) is 29.3 Å². The van der Waals surface area contributed by atoms with Gasteiger partial charge < -0.3 is 9.64 Å². The van der Waals surface area contributed by atoms with E-state index in [0.717, 1.165) is 9.87 Å². The Bertz CT molecular complexity index is 652. The van der Waals surface area contributed by atoms with Gasteiger partial charge in [-0.2, -0.15) is 4.31 Å². The first-order chi connectivity index (χ1) is 10.3. The summed E-state index contributed by atoms with van der Waals surface area (Å²) < 4.78 is 31.5. The summed E-state index contributed by atoms with van der Waals surface area (Å²) >= 11 is 0. The molecule has 0 aliphatic carbocycles. The van der Waals surface area contributed by atoms with Crippen LogP contribution in [0.5, 0.6) is 0 Å². The lowest BCUT2D eigenvalue weighted by Crippen LogP contribution is -2.46. The zero-order chi connectivity index (χ0) is 16.3. The van der Waals surface area contributed by atoms with Gasteiger partial charge >= 0.3 is 0 Å². The first-order valence-corrected chi connectivity index (χ1v) is 8.65. The Kier molecular flexibility index (Phi) is 5.20. The van der Waals surface area contributed by atoms with E-state index in [4.69, 9.17) is 4.74 Å². The molecule has 7 heteroatoms. The number of nitrogens with zero attached hydrogens (tertiary/aromatic N) is 2. The molecule has 0 radical (unpaired) electrons. The first kappa shape index (κ1) is 16.9. The largest absolute Gasteiger partial charge is 0.378 e. The van der Waals surface area contributed by atoms with E-state index in [9.17, 15) is 13.2 Å². The second kappa shape index (κ2) is 6.76. The van der Waals surface area contributed by atoms with Gasteiger partial charge in [-0.15, -0.1) is 0 Å². The molecule has 6 nitrogen and oxygen atoms in total. The minimum atomic E-state index is -3.67. The van der Waals surface area contributed by atoms with Crippen molar-refractivity contribution in [2.24, 2.45) is 0 Å². The maximum absolute atomic E-state index is 12.6. The second-order valence-corrected chi connectivity index (χ2v) is 7.54. The maximum atomic E-state index is 12.6. The van der Waals surface area contributed by atoms with Crippen molar-refractivity contribution in [2.45, 2.75) is 18.7 Å². The summed E-state index contributed by atoms with van der Waals surface area (Å²) in [4.78, 5) is 14.1. The van der Waals surface area contributed by atoms with Crippen LogP contribution in [0, 0.1) is 13.8 Å². The summed E-state index contributed by atoms with van der Waals surface area (Å²) in [6.45, 7) is 5.54. The predicted octanol–water partition coefficient (Wildman–Crippen LogP) is 0.783. The van der Waals surface area contributed by atoms with Crippen LogP contribution in [0.25, 0.3) is 0 Å². The Morgan fingerprint density at radius 3 is 2.50 bits per heavy atom. The van der Waals surface area contributed by atoms with Crippen molar-refractivity contribution in [2.75, 3.05) is 39.9 Å². The highest BCUT2D eigenvalue weighted by atomic mass is 32.2. The molecule has 0 saturated carbocycles. The number of amides is 1. The van der Waals surface area contributed by atoms with Gasteiger partial charge in [-0.05, 0) is 25.5 Å². The lowest BCUT2D eigenvalue weighted by atomic mass is 10.2. The Hall–Kier alpha value is -1.44. The van der Waals surface area contributed by atoms with Crippen LogP contribution in [0.2, 0.25) is 0 Å². The number of carbonyl (C=O) groups is 1. The highest BCUT2D eigenvalue weighted by molar-refractivity contribution is 7.89. The summed E-state index contributed by atoms with van der Waals surface area (Å²) in [5, 5.41) is 0. The Morgan fingerprint density at radius 1 is 1.27 bits per heavy atom. The van der Waals surface area contributed by atoms with Gasteiger partial charge in [0.25, 0.3) is 0 Å². The van der Waals surface area contributed by atoms with Crippen molar-refractivity contribution in [1.29, 1.82) is 0 Å². The van der Waals surface area contributed by atoms with Crippen LogP contribution in [0.15, 0.2) is 23.1 Å².